The summed E-state index contributed by atoms with van der Waals surface area (Å²) in [7, 11) is 0. The van der Waals surface area contributed by atoms with Crippen LogP contribution in [0.3, 0.4) is 0 Å². The Morgan fingerprint density at radius 2 is 1.94 bits per heavy atom. The largest absolute Gasteiger partial charge is 0.388 e. The third kappa shape index (κ3) is 3.12. The summed E-state index contributed by atoms with van der Waals surface area (Å²) in [6.45, 7) is 7.27. The normalized spacial score (nSPS) is 25.6. The van der Waals surface area contributed by atoms with Crippen molar-refractivity contribution in [2.75, 3.05) is 6.61 Å². The second-order valence-corrected chi connectivity index (χ2v) is 5.81. The van der Waals surface area contributed by atoms with Gasteiger partial charge in [0.05, 0.1) is 12.2 Å². The lowest BCUT2D eigenvalue weighted by Gasteiger charge is -2.21. The first kappa shape index (κ1) is 13.6. The molecule has 0 amide bonds. The topological polar surface area (TPSA) is 29.5 Å². The van der Waals surface area contributed by atoms with Crippen LogP contribution in [0.15, 0.2) is 24.3 Å². The average Bonchev–Trinajstić information content (AvgIpc) is 2.75. The summed E-state index contributed by atoms with van der Waals surface area (Å²) in [6.07, 6.45) is 1.82. The van der Waals surface area contributed by atoms with Crippen LogP contribution in [0.4, 0.5) is 0 Å². The van der Waals surface area contributed by atoms with E-state index in [1.807, 2.05) is 6.92 Å². The first-order valence-corrected chi connectivity index (χ1v) is 6.96. The van der Waals surface area contributed by atoms with Crippen molar-refractivity contribution in [3.8, 4) is 0 Å². The second kappa shape index (κ2) is 5.85. The number of hydrogen-bond donors (Lipinski definition) is 1. The molecular weight excluding hydrogens is 224 g/mol. The maximum Gasteiger partial charge on any atom is 0.0843 e. The zero-order valence-corrected chi connectivity index (χ0v) is 11.6. The molecule has 1 fully saturated rings. The van der Waals surface area contributed by atoms with Gasteiger partial charge >= 0.3 is 0 Å². The second-order valence-electron chi connectivity index (χ2n) is 5.81. The van der Waals surface area contributed by atoms with Gasteiger partial charge in [-0.15, -0.1) is 0 Å². The molecule has 2 nitrogen and oxygen atoms in total. The van der Waals surface area contributed by atoms with E-state index in [1.165, 1.54) is 5.56 Å². The highest BCUT2D eigenvalue weighted by molar-refractivity contribution is 5.25. The molecule has 1 aliphatic heterocycles. The molecular formula is C16H24O2. The van der Waals surface area contributed by atoms with Gasteiger partial charge in [0, 0.05) is 12.5 Å². The van der Waals surface area contributed by atoms with Gasteiger partial charge < -0.3 is 9.84 Å². The molecule has 2 heteroatoms. The monoisotopic (exact) mass is 248 g/mol. The smallest absolute Gasteiger partial charge is 0.0843 e. The molecule has 2 rings (SSSR count). The standard InChI is InChI=1S/C16H24O2/c1-11(2)10-13-4-6-14(7-5-13)16(17)15-8-9-18-12(15)3/h4-7,11-12,15-17H,8-10H2,1-3H3. The molecule has 1 heterocycles. The van der Waals surface area contributed by atoms with E-state index in [0.717, 1.165) is 25.0 Å². The number of hydrogen-bond acceptors (Lipinski definition) is 2. The van der Waals surface area contributed by atoms with Crippen molar-refractivity contribution in [2.45, 2.75) is 45.8 Å². The molecule has 1 aromatic carbocycles. The summed E-state index contributed by atoms with van der Waals surface area (Å²) in [6, 6.07) is 8.40. The van der Waals surface area contributed by atoms with Gasteiger partial charge in [-0.25, -0.2) is 0 Å². The van der Waals surface area contributed by atoms with Crippen molar-refractivity contribution in [1.82, 2.24) is 0 Å². The molecule has 0 bridgehead atoms. The quantitative estimate of drug-likeness (QED) is 0.885. The van der Waals surface area contributed by atoms with E-state index < -0.39 is 6.10 Å². The zero-order chi connectivity index (χ0) is 13.1. The molecule has 1 aromatic rings. The Balaban J connectivity index is 2.04. The van der Waals surface area contributed by atoms with Crippen molar-refractivity contribution in [2.24, 2.45) is 11.8 Å². The van der Waals surface area contributed by atoms with Crippen molar-refractivity contribution in [3.05, 3.63) is 35.4 Å². The number of aliphatic hydroxyl groups excluding tert-OH is 1. The Hall–Kier alpha value is -0.860. The highest BCUT2D eigenvalue weighted by atomic mass is 16.5. The van der Waals surface area contributed by atoms with Crippen LogP contribution in [-0.2, 0) is 11.2 Å². The molecule has 3 unspecified atom stereocenters. The number of ether oxygens (including phenoxy) is 1. The van der Waals surface area contributed by atoms with Crippen molar-refractivity contribution < 1.29 is 9.84 Å². The molecule has 1 N–H and O–H groups in total. The van der Waals surface area contributed by atoms with Gasteiger partial charge in [0.2, 0.25) is 0 Å². The summed E-state index contributed by atoms with van der Waals surface area (Å²) >= 11 is 0. The Bertz CT molecular complexity index is 369. The van der Waals surface area contributed by atoms with E-state index in [1.54, 1.807) is 0 Å². The molecule has 100 valence electrons. The van der Waals surface area contributed by atoms with E-state index >= 15 is 0 Å². The van der Waals surface area contributed by atoms with Crippen LogP contribution in [0.25, 0.3) is 0 Å². The first-order valence-electron chi connectivity index (χ1n) is 6.96. The van der Waals surface area contributed by atoms with Gasteiger partial charge in [-0.3, -0.25) is 0 Å². The van der Waals surface area contributed by atoms with E-state index in [4.69, 9.17) is 4.74 Å². The molecule has 0 spiro atoms. The van der Waals surface area contributed by atoms with Gasteiger partial charge in [-0.05, 0) is 36.8 Å². The Morgan fingerprint density at radius 3 is 2.44 bits per heavy atom. The lowest BCUT2D eigenvalue weighted by Crippen LogP contribution is -2.19. The minimum Gasteiger partial charge on any atom is -0.388 e. The Kier molecular flexibility index (Phi) is 4.41. The minimum absolute atomic E-state index is 0.162. The van der Waals surface area contributed by atoms with E-state index in [0.29, 0.717) is 5.92 Å². The molecule has 0 saturated carbocycles. The maximum absolute atomic E-state index is 10.4. The van der Waals surface area contributed by atoms with E-state index in [-0.39, 0.29) is 12.0 Å². The van der Waals surface area contributed by atoms with Crippen LogP contribution in [0, 0.1) is 11.8 Å². The van der Waals surface area contributed by atoms with Gasteiger partial charge in [-0.2, -0.15) is 0 Å². The molecule has 0 aliphatic carbocycles. The maximum atomic E-state index is 10.4. The molecule has 1 aliphatic rings. The SMILES string of the molecule is CC(C)Cc1ccc(C(O)C2CCOC2C)cc1. The molecule has 3 atom stereocenters. The third-order valence-corrected chi connectivity index (χ3v) is 3.81. The van der Waals surface area contributed by atoms with Crippen LogP contribution in [0.2, 0.25) is 0 Å². The first-order chi connectivity index (χ1) is 8.58. The van der Waals surface area contributed by atoms with E-state index in [9.17, 15) is 5.11 Å². The summed E-state index contributed by atoms with van der Waals surface area (Å²) in [5.41, 5.74) is 2.36. The number of benzene rings is 1. The molecule has 0 aromatic heterocycles. The highest BCUT2D eigenvalue weighted by Gasteiger charge is 2.31. The van der Waals surface area contributed by atoms with Gasteiger partial charge in [-0.1, -0.05) is 38.1 Å². The van der Waals surface area contributed by atoms with E-state index in [2.05, 4.69) is 38.1 Å². The lowest BCUT2D eigenvalue weighted by molar-refractivity contribution is 0.0431. The van der Waals surface area contributed by atoms with Crippen LogP contribution in [0.1, 0.15) is 44.4 Å². The van der Waals surface area contributed by atoms with Crippen LogP contribution in [-0.4, -0.2) is 17.8 Å². The fraction of sp³-hybridized carbons (Fsp3) is 0.625. The fourth-order valence-corrected chi connectivity index (χ4v) is 2.73. The summed E-state index contributed by atoms with van der Waals surface area (Å²) in [4.78, 5) is 0. The molecule has 0 radical (unpaired) electrons. The third-order valence-electron chi connectivity index (χ3n) is 3.81. The van der Waals surface area contributed by atoms with Crippen molar-refractivity contribution >= 4 is 0 Å². The van der Waals surface area contributed by atoms with Gasteiger partial charge in [0.15, 0.2) is 0 Å². The van der Waals surface area contributed by atoms with Crippen molar-refractivity contribution in [3.63, 3.8) is 0 Å². The lowest BCUT2D eigenvalue weighted by atomic mass is 9.90. The molecule has 18 heavy (non-hydrogen) atoms. The van der Waals surface area contributed by atoms with Gasteiger partial charge in [0.25, 0.3) is 0 Å². The Morgan fingerprint density at radius 1 is 1.28 bits per heavy atom. The van der Waals surface area contributed by atoms with Crippen molar-refractivity contribution in [1.29, 1.82) is 0 Å². The zero-order valence-electron chi connectivity index (χ0n) is 11.6. The highest BCUT2D eigenvalue weighted by Crippen LogP contribution is 2.33. The number of aliphatic hydroxyl groups is 1. The minimum atomic E-state index is -0.393. The average molecular weight is 248 g/mol. The predicted molar refractivity (Wildman–Crippen MR) is 73.5 cm³/mol. The summed E-state index contributed by atoms with van der Waals surface area (Å²) in [5.74, 6) is 0.907. The number of rotatable bonds is 4. The van der Waals surface area contributed by atoms with Crippen LogP contribution in [0.5, 0.6) is 0 Å². The fourth-order valence-electron chi connectivity index (χ4n) is 2.73. The summed E-state index contributed by atoms with van der Waals surface area (Å²) in [5, 5.41) is 10.4. The summed E-state index contributed by atoms with van der Waals surface area (Å²) < 4.78 is 5.52. The Labute approximate surface area is 110 Å². The van der Waals surface area contributed by atoms with Crippen LogP contribution >= 0.6 is 0 Å². The molecule has 1 saturated heterocycles. The van der Waals surface area contributed by atoms with Gasteiger partial charge in [0.1, 0.15) is 0 Å². The van der Waals surface area contributed by atoms with Crippen LogP contribution < -0.4 is 0 Å². The predicted octanol–water partition coefficient (Wildman–Crippen LogP) is 3.34.